The third kappa shape index (κ3) is 6.62. The fraction of sp³-hybridized carbons (Fsp3) is 0.684. The highest BCUT2D eigenvalue weighted by molar-refractivity contribution is 5.23. The Morgan fingerprint density at radius 3 is 2.14 bits per heavy atom. The minimum Gasteiger partial charge on any atom is -0.394 e. The third-order valence-electron chi connectivity index (χ3n) is 4.44. The van der Waals surface area contributed by atoms with E-state index in [-0.39, 0.29) is 12.5 Å². The molecule has 2 atom stereocenters. The fourth-order valence-electron chi connectivity index (χ4n) is 2.98. The van der Waals surface area contributed by atoms with Gasteiger partial charge in [-0.15, -0.1) is 0 Å². The molecule has 21 heavy (non-hydrogen) atoms. The van der Waals surface area contributed by atoms with Gasteiger partial charge >= 0.3 is 0 Å². The average Bonchev–Trinajstić information content (AvgIpc) is 2.50. The molecule has 2 heteroatoms. The molecule has 2 unspecified atom stereocenters. The minimum absolute atomic E-state index is 0.0308. The summed E-state index contributed by atoms with van der Waals surface area (Å²) in [5.74, 6) is 0.236. The molecule has 1 rings (SSSR count). The summed E-state index contributed by atoms with van der Waals surface area (Å²) in [6, 6.07) is 10.4. The van der Waals surface area contributed by atoms with Crippen molar-refractivity contribution in [2.24, 2.45) is 5.73 Å². The summed E-state index contributed by atoms with van der Waals surface area (Å²) in [7, 11) is 0. The van der Waals surface area contributed by atoms with Crippen LogP contribution >= 0.6 is 0 Å². The van der Waals surface area contributed by atoms with Gasteiger partial charge in [0.15, 0.2) is 0 Å². The Morgan fingerprint density at radius 1 is 1.00 bits per heavy atom. The van der Waals surface area contributed by atoms with Crippen LogP contribution in [0.3, 0.4) is 0 Å². The molecule has 0 aromatic heterocycles. The molecule has 0 spiro atoms. The van der Waals surface area contributed by atoms with Crippen LogP contribution in [-0.4, -0.2) is 17.3 Å². The fourth-order valence-corrected chi connectivity index (χ4v) is 2.98. The smallest absolute Gasteiger partial charge is 0.0614 e. The second-order valence-electron chi connectivity index (χ2n) is 6.54. The highest BCUT2D eigenvalue weighted by Gasteiger charge is 2.30. The average molecular weight is 291 g/mol. The van der Waals surface area contributed by atoms with E-state index >= 15 is 0 Å². The second kappa shape index (κ2) is 9.97. The molecule has 0 heterocycles. The van der Waals surface area contributed by atoms with Gasteiger partial charge in [-0.2, -0.15) is 0 Å². The molecule has 120 valence electrons. The van der Waals surface area contributed by atoms with Crippen LogP contribution in [0.4, 0.5) is 0 Å². The highest BCUT2D eigenvalue weighted by atomic mass is 16.3. The van der Waals surface area contributed by atoms with E-state index in [1.807, 2.05) is 13.0 Å². The molecule has 1 aromatic carbocycles. The van der Waals surface area contributed by atoms with E-state index < -0.39 is 5.54 Å². The summed E-state index contributed by atoms with van der Waals surface area (Å²) in [6.07, 6.45) is 10.2. The van der Waals surface area contributed by atoms with Crippen LogP contribution in [0.15, 0.2) is 30.3 Å². The van der Waals surface area contributed by atoms with E-state index in [0.717, 1.165) is 6.42 Å². The molecule has 0 saturated carbocycles. The maximum Gasteiger partial charge on any atom is 0.0614 e. The van der Waals surface area contributed by atoms with E-state index in [1.165, 1.54) is 50.5 Å². The molecular formula is C19H33NO. The number of hydrogen-bond donors (Lipinski definition) is 2. The highest BCUT2D eigenvalue weighted by Crippen LogP contribution is 2.31. The van der Waals surface area contributed by atoms with Gasteiger partial charge in [-0.3, -0.25) is 0 Å². The van der Waals surface area contributed by atoms with Gasteiger partial charge in [0.2, 0.25) is 0 Å². The van der Waals surface area contributed by atoms with Crippen molar-refractivity contribution in [2.45, 2.75) is 76.7 Å². The van der Waals surface area contributed by atoms with Crippen LogP contribution in [0.2, 0.25) is 0 Å². The lowest BCUT2D eigenvalue weighted by Crippen LogP contribution is -2.46. The lowest BCUT2D eigenvalue weighted by Gasteiger charge is -2.33. The Hall–Kier alpha value is -0.860. The van der Waals surface area contributed by atoms with Crippen molar-refractivity contribution in [3.05, 3.63) is 35.9 Å². The molecule has 0 radical (unpaired) electrons. The topological polar surface area (TPSA) is 46.2 Å². The number of nitrogens with two attached hydrogens (primary N) is 1. The third-order valence-corrected chi connectivity index (χ3v) is 4.44. The molecule has 3 N–H and O–H groups in total. The Bertz CT molecular complexity index is 361. The molecule has 0 saturated heterocycles. The van der Waals surface area contributed by atoms with Crippen molar-refractivity contribution in [3.63, 3.8) is 0 Å². The molecule has 0 aliphatic rings. The summed E-state index contributed by atoms with van der Waals surface area (Å²) in [6.45, 7) is 4.25. The molecular weight excluding hydrogens is 258 g/mol. The number of aliphatic hydroxyl groups excluding tert-OH is 1. The molecule has 0 aliphatic carbocycles. The normalized spacial score (nSPS) is 15.6. The van der Waals surface area contributed by atoms with Crippen molar-refractivity contribution >= 4 is 0 Å². The maximum atomic E-state index is 9.60. The first kappa shape index (κ1) is 18.2. The Balaban J connectivity index is 2.44. The zero-order chi connectivity index (χ0) is 15.6. The summed E-state index contributed by atoms with van der Waals surface area (Å²) in [5.41, 5.74) is 7.04. The molecule has 0 bridgehead atoms. The Morgan fingerprint density at radius 2 is 1.57 bits per heavy atom. The molecule has 2 nitrogen and oxygen atoms in total. The quantitative estimate of drug-likeness (QED) is 0.584. The van der Waals surface area contributed by atoms with Crippen LogP contribution in [0, 0.1) is 0 Å². The van der Waals surface area contributed by atoms with E-state index in [0.29, 0.717) is 0 Å². The van der Waals surface area contributed by atoms with Gasteiger partial charge in [-0.25, -0.2) is 0 Å². The van der Waals surface area contributed by atoms with Crippen LogP contribution < -0.4 is 5.73 Å². The van der Waals surface area contributed by atoms with Crippen molar-refractivity contribution in [3.8, 4) is 0 Å². The van der Waals surface area contributed by atoms with Gasteiger partial charge in [0.05, 0.1) is 6.61 Å². The van der Waals surface area contributed by atoms with E-state index in [4.69, 9.17) is 5.73 Å². The van der Waals surface area contributed by atoms with Crippen molar-refractivity contribution in [1.82, 2.24) is 0 Å². The van der Waals surface area contributed by atoms with Crippen molar-refractivity contribution in [2.75, 3.05) is 6.61 Å². The Labute approximate surface area is 130 Å². The first-order valence-electron chi connectivity index (χ1n) is 8.56. The lowest BCUT2D eigenvalue weighted by molar-refractivity contribution is 0.178. The summed E-state index contributed by atoms with van der Waals surface area (Å²) in [5, 5.41) is 9.60. The van der Waals surface area contributed by atoms with Crippen LogP contribution in [0.1, 0.15) is 76.7 Å². The second-order valence-corrected chi connectivity index (χ2v) is 6.54. The number of rotatable bonds is 11. The van der Waals surface area contributed by atoms with E-state index in [1.54, 1.807) is 0 Å². The molecule has 0 aliphatic heterocycles. The standard InChI is InChI=1S/C19H33NO/c1-3-4-5-6-7-8-12-15-18(19(2,20)16-21)17-13-10-9-11-14-17/h9-11,13-14,18,21H,3-8,12,15-16,20H2,1-2H3. The predicted octanol–water partition coefficient (Wildman–Crippen LogP) is 4.62. The van der Waals surface area contributed by atoms with Gasteiger partial charge in [-0.1, -0.05) is 82.2 Å². The number of aliphatic hydroxyl groups is 1. The molecule has 1 aromatic rings. The minimum atomic E-state index is -0.538. The van der Waals surface area contributed by atoms with Crippen LogP contribution in [0.5, 0.6) is 0 Å². The lowest BCUT2D eigenvalue weighted by atomic mass is 9.78. The molecule has 0 amide bonds. The summed E-state index contributed by atoms with van der Waals surface area (Å²) in [4.78, 5) is 0. The monoisotopic (exact) mass is 291 g/mol. The number of benzene rings is 1. The zero-order valence-corrected chi connectivity index (χ0v) is 13.9. The number of hydrogen-bond acceptors (Lipinski definition) is 2. The van der Waals surface area contributed by atoms with Gasteiger partial charge < -0.3 is 10.8 Å². The van der Waals surface area contributed by atoms with E-state index in [2.05, 4.69) is 31.2 Å². The Kier molecular flexibility index (Phi) is 8.63. The van der Waals surface area contributed by atoms with Gasteiger partial charge in [0.1, 0.15) is 0 Å². The summed E-state index contributed by atoms with van der Waals surface area (Å²) >= 11 is 0. The first-order chi connectivity index (χ1) is 10.1. The maximum absolute atomic E-state index is 9.60. The number of unbranched alkanes of at least 4 members (excludes halogenated alkanes) is 6. The first-order valence-corrected chi connectivity index (χ1v) is 8.56. The van der Waals surface area contributed by atoms with E-state index in [9.17, 15) is 5.11 Å². The van der Waals surface area contributed by atoms with Gasteiger partial charge in [-0.05, 0) is 18.9 Å². The van der Waals surface area contributed by atoms with Gasteiger partial charge in [0, 0.05) is 11.5 Å². The van der Waals surface area contributed by atoms with Crippen molar-refractivity contribution in [1.29, 1.82) is 0 Å². The van der Waals surface area contributed by atoms with Gasteiger partial charge in [0.25, 0.3) is 0 Å². The van der Waals surface area contributed by atoms with Crippen molar-refractivity contribution < 1.29 is 5.11 Å². The predicted molar refractivity (Wildman–Crippen MR) is 91.5 cm³/mol. The SMILES string of the molecule is CCCCCCCCCC(c1ccccc1)C(C)(N)CO. The van der Waals surface area contributed by atoms with Crippen LogP contribution in [-0.2, 0) is 0 Å². The van der Waals surface area contributed by atoms with Crippen LogP contribution in [0.25, 0.3) is 0 Å². The molecule has 0 fully saturated rings. The zero-order valence-electron chi connectivity index (χ0n) is 13.9. The summed E-state index contributed by atoms with van der Waals surface area (Å²) < 4.78 is 0. The largest absolute Gasteiger partial charge is 0.394 e.